The highest BCUT2D eigenvalue weighted by Gasteiger charge is 2.78. The Hall–Kier alpha value is -1.41. The summed E-state index contributed by atoms with van der Waals surface area (Å²) in [5, 5.41) is 7.72. The van der Waals surface area contributed by atoms with Crippen molar-refractivity contribution in [3.63, 3.8) is 0 Å². The van der Waals surface area contributed by atoms with Gasteiger partial charge < -0.3 is 11.1 Å². The molecule has 4 aliphatic carbocycles. The molecule has 0 bridgehead atoms. The van der Waals surface area contributed by atoms with Gasteiger partial charge in [-0.3, -0.25) is 0 Å². The third kappa shape index (κ3) is 3.53. The summed E-state index contributed by atoms with van der Waals surface area (Å²) in [6, 6.07) is 0. The van der Waals surface area contributed by atoms with E-state index in [1.54, 1.807) is 6.21 Å². The highest BCUT2D eigenvalue weighted by molar-refractivity contribution is 5.59. The van der Waals surface area contributed by atoms with Crippen molar-refractivity contribution in [1.82, 2.24) is 0 Å². The minimum Gasteiger partial charge on any atom is -0.330 e. The Morgan fingerprint density at radius 2 is 1.89 bits per heavy atom. The maximum Gasteiger partial charge on any atom is 0.00241 e. The van der Waals surface area contributed by atoms with Crippen molar-refractivity contribution >= 4 is 6.21 Å². The molecule has 0 aromatic heterocycles. The molecule has 3 unspecified atom stereocenters. The zero-order valence-electron chi connectivity index (χ0n) is 17.0. The fourth-order valence-electron chi connectivity index (χ4n) is 5.91. The van der Waals surface area contributed by atoms with Crippen LogP contribution in [0.25, 0.3) is 0 Å². The summed E-state index contributed by atoms with van der Waals surface area (Å²) < 4.78 is 0. The standard InChI is InChI=1S/C25H36N2/c1-17(2)22(16-27)20-9-5-18(6-10-20)19-7-11-21(12-8-19)24-23-15-25(23,24)13-3-4-14-26/h5-9,11,16-17,20-24,27H,3-4,10,12-15,26H2,1-2H3/t20-,21+,22?,23?,24?,25+/m0/s1. The number of unbranched alkanes of at least 4 members (excludes halogenated alkanes) is 1. The summed E-state index contributed by atoms with van der Waals surface area (Å²) in [6.45, 7) is 5.29. The number of nitrogens with two attached hydrogens (primary N) is 1. The Bertz CT molecular complexity index is 695. The zero-order chi connectivity index (χ0) is 19.0. The normalized spacial score (nSPS) is 37.5. The maximum atomic E-state index is 7.72. The third-order valence-corrected chi connectivity index (χ3v) is 7.78. The zero-order valence-corrected chi connectivity index (χ0v) is 17.0. The lowest BCUT2D eigenvalue weighted by Crippen LogP contribution is -2.21. The topological polar surface area (TPSA) is 49.9 Å². The van der Waals surface area contributed by atoms with Crippen molar-refractivity contribution < 1.29 is 0 Å². The first-order valence-corrected chi connectivity index (χ1v) is 11.1. The SMILES string of the molecule is CC(C)C(C=N)[C@H]1C=CC(C2=CC[C@H](C3C4C[C@]43CCCCN)C=C2)=CC1. The Morgan fingerprint density at radius 3 is 2.41 bits per heavy atom. The molecule has 2 fully saturated rings. The minimum absolute atomic E-state index is 0.358. The fraction of sp³-hybridized carbons (Fsp3) is 0.640. The van der Waals surface area contributed by atoms with E-state index >= 15 is 0 Å². The van der Waals surface area contributed by atoms with E-state index in [4.69, 9.17) is 11.1 Å². The number of allylic oxidation sites excluding steroid dienone is 8. The first-order chi connectivity index (χ1) is 13.1. The molecule has 0 aliphatic heterocycles. The molecule has 4 rings (SSSR count). The van der Waals surface area contributed by atoms with Gasteiger partial charge in [-0.15, -0.1) is 0 Å². The van der Waals surface area contributed by atoms with E-state index in [2.05, 4.69) is 50.3 Å². The van der Waals surface area contributed by atoms with Crippen LogP contribution in [0.5, 0.6) is 0 Å². The number of nitrogens with one attached hydrogen (secondary N) is 1. The molecular formula is C25H36N2. The van der Waals surface area contributed by atoms with Crippen molar-refractivity contribution in [2.45, 2.75) is 52.4 Å². The van der Waals surface area contributed by atoms with Crippen LogP contribution in [-0.2, 0) is 0 Å². The van der Waals surface area contributed by atoms with Gasteiger partial charge in [-0.1, -0.05) is 56.7 Å². The van der Waals surface area contributed by atoms with Crippen molar-refractivity contribution in [3.8, 4) is 0 Å². The van der Waals surface area contributed by atoms with Gasteiger partial charge >= 0.3 is 0 Å². The van der Waals surface area contributed by atoms with Crippen LogP contribution in [-0.4, -0.2) is 12.8 Å². The lowest BCUT2D eigenvalue weighted by atomic mass is 9.78. The molecule has 0 heterocycles. The van der Waals surface area contributed by atoms with Crippen molar-refractivity contribution in [2.24, 2.45) is 46.7 Å². The van der Waals surface area contributed by atoms with E-state index in [0.29, 0.717) is 17.8 Å². The Kier molecular flexibility index (Phi) is 5.29. The molecule has 0 spiro atoms. The lowest BCUT2D eigenvalue weighted by molar-refractivity contribution is 0.363. The summed E-state index contributed by atoms with van der Waals surface area (Å²) >= 11 is 0. The van der Waals surface area contributed by atoms with Gasteiger partial charge in [0.15, 0.2) is 0 Å². The molecule has 2 saturated carbocycles. The number of rotatable bonds is 9. The average Bonchev–Trinajstić information content (AvgIpc) is 3.53. The van der Waals surface area contributed by atoms with Gasteiger partial charge in [0.25, 0.3) is 0 Å². The van der Waals surface area contributed by atoms with Crippen LogP contribution < -0.4 is 5.73 Å². The summed E-state index contributed by atoms with van der Waals surface area (Å²) in [5.74, 6) is 4.14. The van der Waals surface area contributed by atoms with Gasteiger partial charge in [-0.05, 0) is 91.0 Å². The molecule has 3 N–H and O–H groups in total. The molecule has 2 heteroatoms. The molecule has 27 heavy (non-hydrogen) atoms. The first-order valence-electron chi connectivity index (χ1n) is 11.1. The smallest absolute Gasteiger partial charge is 0.00241 e. The van der Waals surface area contributed by atoms with Crippen molar-refractivity contribution in [1.29, 1.82) is 5.41 Å². The first kappa shape index (κ1) is 18.9. The molecule has 146 valence electrons. The summed E-state index contributed by atoms with van der Waals surface area (Å²) in [4.78, 5) is 0. The Morgan fingerprint density at radius 1 is 1.15 bits per heavy atom. The molecule has 0 radical (unpaired) electrons. The van der Waals surface area contributed by atoms with E-state index in [1.807, 2.05) is 0 Å². The highest BCUT2D eigenvalue weighted by Crippen LogP contribution is 2.84. The second kappa shape index (κ2) is 7.54. The number of fused-ring (bicyclic) bond motifs is 1. The van der Waals surface area contributed by atoms with Crippen LogP contribution in [0.2, 0.25) is 0 Å². The van der Waals surface area contributed by atoms with E-state index in [-0.39, 0.29) is 0 Å². The van der Waals surface area contributed by atoms with Crippen LogP contribution in [0.1, 0.15) is 52.4 Å². The minimum atomic E-state index is 0.358. The molecule has 0 saturated heterocycles. The molecule has 2 nitrogen and oxygen atoms in total. The molecule has 0 aromatic rings. The summed E-state index contributed by atoms with van der Waals surface area (Å²) in [5.41, 5.74) is 9.18. The molecular weight excluding hydrogens is 328 g/mol. The van der Waals surface area contributed by atoms with Gasteiger partial charge in [0.2, 0.25) is 0 Å². The van der Waals surface area contributed by atoms with Gasteiger partial charge in [0.1, 0.15) is 0 Å². The van der Waals surface area contributed by atoms with Crippen LogP contribution in [0, 0.1) is 46.3 Å². The fourth-order valence-corrected chi connectivity index (χ4v) is 5.91. The van der Waals surface area contributed by atoms with Crippen LogP contribution in [0.3, 0.4) is 0 Å². The summed E-state index contributed by atoms with van der Waals surface area (Å²) in [6.07, 6.45) is 23.7. The molecule has 6 atom stereocenters. The monoisotopic (exact) mass is 364 g/mol. The van der Waals surface area contributed by atoms with Gasteiger partial charge in [0, 0.05) is 5.92 Å². The van der Waals surface area contributed by atoms with Gasteiger partial charge in [0.05, 0.1) is 0 Å². The second-order valence-corrected chi connectivity index (χ2v) is 9.64. The highest BCUT2D eigenvalue weighted by atomic mass is 14.8. The average molecular weight is 365 g/mol. The van der Waals surface area contributed by atoms with Crippen LogP contribution >= 0.6 is 0 Å². The third-order valence-electron chi connectivity index (χ3n) is 7.78. The number of hydrogen-bond donors (Lipinski definition) is 2. The molecule has 0 amide bonds. The summed E-state index contributed by atoms with van der Waals surface area (Å²) in [7, 11) is 0. The van der Waals surface area contributed by atoms with E-state index in [0.717, 1.165) is 36.1 Å². The second-order valence-electron chi connectivity index (χ2n) is 9.64. The predicted molar refractivity (Wildman–Crippen MR) is 115 cm³/mol. The Labute approximate surface area is 165 Å². The molecule has 0 aromatic carbocycles. The van der Waals surface area contributed by atoms with Gasteiger partial charge in [-0.25, -0.2) is 0 Å². The largest absolute Gasteiger partial charge is 0.330 e. The quantitative estimate of drug-likeness (QED) is 0.401. The van der Waals surface area contributed by atoms with E-state index in [9.17, 15) is 0 Å². The van der Waals surface area contributed by atoms with E-state index < -0.39 is 0 Å². The van der Waals surface area contributed by atoms with Gasteiger partial charge in [-0.2, -0.15) is 0 Å². The van der Waals surface area contributed by atoms with E-state index in [1.165, 1.54) is 43.3 Å². The van der Waals surface area contributed by atoms with Crippen LogP contribution in [0.4, 0.5) is 0 Å². The molecule has 4 aliphatic rings. The van der Waals surface area contributed by atoms with Crippen molar-refractivity contribution in [2.75, 3.05) is 6.54 Å². The number of hydrogen-bond acceptors (Lipinski definition) is 2. The predicted octanol–water partition coefficient (Wildman–Crippen LogP) is 5.68. The van der Waals surface area contributed by atoms with Crippen molar-refractivity contribution in [3.05, 3.63) is 47.6 Å². The maximum absolute atomic E-state index is 7.72. The van der Waals surface area contributed by atoms with Crippen LogP contribution in [0.15, 0.2) is 47.6 Å². The lowest BCUT2D eigenvalue weighted by Gasteiger charge is -2.27. The Balaban J connectivity index is 1.30.